The number of likely N-dealkylation sites (tertiary alicyclic amines) is 1. The van der Waals surface area contributed by atoms with Crippen LogP contribution in [0.1, 0.15) is 31.7 Å². The van der Waals surface area contributed by atoms with E-state index in [0.29, 0.717) is 31.1 Å². The number of urea groups is 1. The third kappa shape index (κ3) is 3.65. The van der Waals surface area contributed by atoms with Gasteiger partial charge >= 0.3 is 12.2 Å². The average Bonchev–Trinajstić information content (AvgIpc) is 3.30. The predicted octanol–water partition coefficient (Wildman–Crippen LogP) is 4.06. The van der Waals surface area contributed by atoms with E-state index in [1.165, 1.54) is 12.1 Å². The molecule has 2 aliphatic heterocycles. The number of nitrogens with zero attached hydrogens (tertiary/aromatic N) is 2. The first-order valence-corrected chi connectivity index (χ1v) is 9.86. The summed E-state index contributed by atoms with van der Waals surface area (Å²) in [5, 5.41) is 3.06. The van der Waals surface area contributed by atoms with E-state index in [1.807, 2.05) is 11.8 Å². The van der Waals surface area contributed by atoms with Crippen LogP contribution in [0.5, 0.6) is 0 Å². The van der Waals surface area contributed by atoms with E-state index < -0.39 is 17.9 Å². The van der Waals surface area contributed by atoms with Crippen LogP contribution in [-0.2, 0) is 6.18 Å². The summed E-state index contributed by atoms with van der Waals surface area (Å²) in [6.07, 6.45) is -3.17. The first-order chi connectivity index (χ1) is 13.2. The number of nitrogens with one attached hydrogen (secondary N) is 1. The molecule has 3 aliphatic rings. The number of fused-ring (bicyclic) bond motifs is 1. The fourth-order valence-corrected chi connectivity index (χ4v) is 5.02. The molecule has 1 unspecified atom stereocenters. The van der Waals surface area contributed by atoms with Crippen LogP contribution in [0.2, 0.25) is 0 Å². The van der Waals surface area contributed by atoms with Gasteiger partial charge in [-0.25, -0.2) is 9.18 Å². The molecule has 154 valence electrons. The SMILES string of the molecule is CC1C[C@H](F)CN1C(=O)N[C@H]1CC[C@@H]2CN(c3cccc(C(F)(F)F)c3)C[C@@H]21. The topological polar surface area (TPSA) is 35.6 Å². The minimum Gasteiger partial charge on any atom is -0.371 e. The van der Waals surface area contributed by atoms with Crippen molar-refractivity contribution < 1.29 is 22.4 Å². The monoisotopic (exact) mass is 399 g/mol. The Hall–Kier alpha value is -1.99. The van der Waals surface area contributed by atoms with Gasteiger partial charge < -0.3 is 15.1 Å². The Labute approximate surface area is 161 Å². The van der Waals surface area contributed by atoms with Crippen molar-refractivity contribution in [3.05, 3.63) is 29.8 Å². The predicted molar refractivity (Wildman–Crippen MR) is 97.9 cm³/mol. The van der Waals surface area contributed by atoms with Crippen LogP contribution in [0, 0.1) is 11.8 Å². The van der Waals surface area contributed by atoms with Crippen LogP contribution in [0.3, 0.4) is 0 Å². The van der Waals surface area contributed by atoms with Gasteiger partial charge in [-0.1, -0.05) is 6.07 Å². The summed E-state index contributed by atoms with van der Waals surface area (Å²) >= 11 is 0. The normalized spacial score (nSPS) is 32.7. The molecule has 4 rings (SSSR count). The molecule has 0 aromatic heterocycles. The number of alkyl halides is 4. The van der Waals surface area contributed by atoms with E-state index in [2.05, 4.69) is 5.32 Å². The number of carbonyl (C=O) groups excluding carboxylic acids is 1. The molecular weight excluding hydrogens is 374 g/mol. The lowest BCUT2D eigenvalue weighted by molar-refractivity contribution is -0.137. The van der Waals surface area contributed by atoms with Crippen molar-refractivity contribution in [2.75, 3.05) is 24.5 Å². The quantitative estimate of drug-likeness (QED) is 0.762. The lowest BCUT2D eigenvalue weighted by Gasteiger charge is -2.27. The van der Waals surface area contributed by atoms with Crippen LogP contribution in [0.15, 0.2) is 24.3 Å². The van der Waals surface area contributed by atoms with Crippen molar-refractivity contribution in [3.63, 3.8) is 0 Å². The molecule has 2 saturated heterocycles. The molecule has 5 atom stereocenters. The molecule has 0 bridgehead atoms. The zero-order valence-electron chi connectivity index (χ0n) is 15.8. The molecule has 3 fully saturated rings. The van der Waals surface area contributed by atoms with Gasteiger partial charge in [0.15, 0.2) is 0 Å². The lowest BCUT2D eigenvalue weighted by atomic mass is 9.98. The molecule has 1 aliphatic carbocycles. The molecule has 2 amide bonds. The molecule has 1 aromatic rings. The Morgan fingerprint density at radius 2 is 1.96 bits per heavy atom. The first-order valence-electron chi connectivity index (χ1n) is 9.86. The summed E-state index contributed by atoms with van der Waals surface area (Å²) in [5.74, 6) is 0.558. The largest absolute Gasteiger partial charge is 0.416 e. The van der Waals surface area contributed by atoms with Gasteiger partial charge in [0, 0.05) is 43.2 Å². The van der Waals surface area contributed by atoms with E-state index in [4.69, 9.17) is 0 Å². The second-order valence-electron chi connectivity index (χ2n) is 8.34. The fourth-order valence-electron chi connectivity index (χ4n) is 5.02. The molecule has 2 heterocycles. The van der Waals surface area contributed by atoms with Crippen molar-refractivity contribution in [2.24, 2.45) is 11.8 Å². The number of hydrogen-bond acceptors (Lipinski definition) is 2. The lowest BCUT2D eigenvalue weighted by Crippen LogP contribution is -2.48. The van der Waals surface area contributed by atoms with Crippen molar-refractivity contribution in [1.29, 1.82) is 0 Å². The standard InChI is InChI=1S/C20H25F4N3O/c1-12-7-15(21)10-27(12)19(28)25-18-6-5-13-9-26(11-17(13)18)16-4-2-3-14(8-16)20(22,23)24/h2-4,8,12-13,15,17-18H,5-7,9-11H2,1H3,(H,25,28)/t12?,13-,15+,17+,18+/m1/s1. The average molecular weight is 399 g/mol. The Kier molecular flexibility index (Phi) is 4.91. The fraction of sp³-hybridized carbons (Fsp3) is 0.650. The Bertz CT molecular complexity index is 740. The summed E-state index contributed by atoms with van der Waals surface area (Å²) in [4.78, 5) is 16.1. The highest BCUT2D eigenvalue weighted by Gasteiger charge is 2.44. The van der Waals surface area contributed by atoms with Gasteiger partial charge in [-0.15, -0.1) is 0 Å². The van der Waals surface area contributed by atoms with E-state index in [-0.39, 0.29) is 30.6 Å². The zero-order chi connectivity index (χ0) is 20.1. The third-order valence-electron chi connectivity index (χ3n) is 6.49. The number of carbonyl (C=O) groups is 1. The molecule has 1 saturated carbocycles. The van der Waals surface area contributed by atoms with Crippen LogP contribution < -0.4 is 10.2 Å². The first kappa shape index (κ1) is 19.3. The molecule has 4 nitrogen and oxygen atoms in total. The highest BCUT2D eigenvalue weighted by Crippen LogP contribution is 2.41. The van der Waals surface area contributed by atoms with Crippen LogP contribution in [0.25, 0.3) is 0 Å². The maximum absolute atomic E-state index is 13.6. The van der Waals surface area contributed by atoms with Crippen molar-refractivity contribution in [3.8, 4) is 0 Å². The minimum absolute atomic E-state index is 0.0147. The summed E-state index contributed by atoms with van der Waals surface area (Å²) in [7, 11) is 0. The number of anilines is 1. The summed E-state index contributed by atoms with van der Waals surface area (Å²) < 4.78 is 52.6. The summed E-state index contributed by atoms with van der Waals surface area (Å²) in [6, 6.07) is 5.07. The highest BCUT2D eigenvalue weighted by atomic mass is 19.4. The second kappa shape index (κ2) is 7.12. The molecule has 1 N–H and O–H groups in total. The zero-order valence-corrected chi connectivity index (χ0v) is 15.8. The number of benzene rings is 1. The highest BCUT2D eigenvalue weighted by molar-refractivity contribution is 5.75. The molecule has 28 heavy (non-hydrogen) atoms. The van der Waals surface area contributed by atoms with Crippen LogP contribution >= 0.6 is 0 Å². The van der Waals surface area contributed by atoms with Crippen molar-refractivity contribution in [1.82, 2.24) is 10.2 Å². The maximum Gasteiger partial charge on any atom is 0.416 e. The van der Waals surface area contributed by atoms with E-state index in [9.17, 15) is 22.4 Å². The minimum atomic E-state index is -4.36. The Balaban J connectivity index is 1.41. The van der Waals surface area contributed by atoms with Gasteiger partial charge in [-0.3, -0.25) is 0 Å². The van der Waals surface area contributed by atoms with Crippen LogP contribution in [0.4, 0.5) is 28.0 Å². The van der Waals surface area contributed by atoms with Gasteiger partial charge in [-0.05, 0) is 43.9 Å². The summed E-state index contributed by atoms with van der Waals surface area (Å²) in [5.41, 5.74) is -0.0709. The van der Waals surface area contributed by atoms with Gasteiger partial charge in [0.25, 0.3) is 0 Å². The van der Waals surface area contributed by atoms with Gasteiger partial charge in [-0.2, -0.15) is 13.2 Å². The third-order valence-corrected chi connectivity index (χ3v) is 6.49. The Morgan fingerprint density at radius 3 is 2.64 bits per heavy atom. The molecular formula is C20H25F4N3O. The number of hydrogen-bond donors (Lipinski definition) is 1. The van der Waals surface area contributed by atoms with E-state index in [1.54, 1.807) is 11.0 Å². The van der Waals surface area contributed by atoms with Gasteiger partial charge in [0.1, 0.15) is 6.17 Å². The van der Waals surface area contributed by atoms with Crippen molar-refractivity contribution in [2.45, 2.75) is 50.6 Å². The smallest absolute Gasteiger partial charge is 0.371 e. The second-order valence-corrected chi connectivity index (χ2v) is 8.34. The number of amides is 2. The molecule has 0 spiro atoms. The molecule has 1 aromatic carbocycles. The van der Waals surface area contributed by atoms with Gasteiger partial charge in [0.05, 0.1) is 12.1 Å². The van der Waals surface area contributed by atoms with Crippen LogP contribution in [-0.4, -0.2) is 48.8 Å². The number of halogens is 4. The van der Waals surface area contributed by atoms with Gasteiger partial charge in [0.2, 0.25) is 0 Å². The number of rotatable bonds is 2. The molecule has 8 heteroatoms. The van der Waals surface area contributed by atoms with E-state index >= 15 is 0 Å². The van der Waals surface area contributed by atoms with E-state index in [0.717, 1.165) is 18.9 Å². The Morgan fingerprint density at radius 1 is 1.18 bits per heavy atom. The van der Waals surface area contributed by atoms with Crippen molar-refractivity contribution >= 4 is 11.7 Å². The maximum atomic E-state index is 13.6. The summed E-state index contributed by atoms with van der Waals surface area (Å²) in [6.45, 7) is 3.30. The molecule has 0 radical (unpaired) electrons.